The van der Waals surface area contributed by atoms with Gasteiger partial charge >= 0.3 is 6.18 Å². The van der Waals surface area contributed by atoms with Crippen molar-refractivity contribution in [1.29, 1.82) is 0 Å². The molecule has 128 valence electrons. The minimum Gasteiger partial charge on any atom is -0.390 e. The molecule has 0 bridgehead atoms. The number of nitrogens with zero attached hydrogens (tertiary/aromatic N) is 1. The maximum absolute atomic E-state index is 12.5. The highest BCUT2D eigenvalue weighted by Crippen LogP contribution is 2.29. The molecule has 0 unspecified atom stereocenters. The number of amides is 1. The van der Waals surface area contributed by atoms with E-state index in [-0.39, 0.29) is 25.5 Å². The summed E-state index contributed by atoms with van der Waals surface area (Å²) in [5.74, 6) is -0.217. The van der Waals surface area contributed by atoms with Crippen LogP contribution in [0.25, 0.3) is 0 Å². The maximum atomic E-state index is 12.5. The number of hydrogen-bond donors (Lipinski definition) is 2. The Bertz CT molecular complexity index is 685. The van der Waals surface area contributed by atoms with Crippen LogP contribution in [0.2, 0.25) is 0 Å². The largest absolute Gasteiger partial charge is 0.416 e. The minimum atomic E-state index is -4.36. The van der Waals surface area contributed by atoms with Crippen molar-refractivity contribution >= 4 is 5.91 Å². The molecule has 0 atom stereocenters. The number of pyridine rings is 1. The number of aromatic nitrogens is 1. The predicted molar refractivity (Wildman–Crippen MR) is 81.8 cm³/mol. The van der Waals surface area contributed by atoms with E-state index in [1.807, 2.05) is 0 Å². The van der Waals surface area contributed by atoms with Crippen molar-refractivity contribution in [2.75, 3.05) is 0 Å². The molecule has 24 heavy (non-hydrogen) atoms. The second kappa shape index (κ2) is 7.92. The van der Waals surface area contributed by atoms with Crippen molar-refractivity contribution in [1.82, 2.24) is 10.3 Å². The quantitative estimate of drug-likeness (QED) is 0.851. The van der Waals surface area contributed by atoms with Gasteiger partial charge in [-0.3, -0.25) is 9.78 Å². The minimum absolute atomic E-state index is 0.171. The van der Waals surface area contributed by atoms with E-state index in [1.54, 1.807) is 18.2 Å². The number of rotatable bonds is 6. The highest BCUT2D eigenvalue weighted by molar-refractivity contribution is 5.76. The molecule has 0 fully saturated rings. The number of carbonyl (C=O) groups is 1. The summed E-state index contributed by atoms with van der Waals surface area (Å²) in [6.07, 6.45) is -3.83. The van der Waals surface area contributed by atoms with E-state index < -0.39 is 11.7 Å². The first kappa shape index (κ1) is 17.9. The number of aryl methyl sites for hydroxylation is 1. The number of hydrogen-bond acceptors (Lipinski definition) is 3. The lowest BCUT2D eigenvalue weighted by Crippen LogP contribution is -2.23. The fraction of sp³-hybridized carbons (Fsp3) is 0.294. The summed E-state index contributed by atoms with van der Waals surface area (Å²) in [6.45, 7) is 0.0649. The highest BCUT2D eigenvalue weighted by atomic mass is 19.4. The molecule has 1 aromatic carbocycles. The molecule has 4 nitrogen and oxygen atoms in total. The first-order chi connectivity index (χ1) is 11.4. The van der Waals surface area contributed by atoms with Gasteiger partial charge in [0.1, 0.15) is 0 Å². The molecule has 1 amide bonds. The average Bonchev–Trinajstić information content (AvgIpc) is 2.58. The Balaban J connectivity index is 1.80. The Hall–Kier alpha value is -2.41. The molecule has 1 aromatic heterocycles. The van der Waals surface area contributed by atoms with Gasteiger partial charge in [0, 0.05) is 6.42 Å². The van der Waals surface area contributed by atoms with Crippen LogP contribution in [0.1, 0.15) is 28.9 Å². The SMILES string of the molecule is O=C(CCc1ccc(C(F)(F)F)cc1)NCc1cccc(CO)n1. The van der Waals surface area contributed by atoms with Crippen LogP contribution in [0.15, 0.2) is 42.5 Å². The standard InChI is InChI=1S/C17H17F3N2O2/c18-17(19,20)13-7-4-12(5-8-13)6-9-16(24)21-10-14-2-1-3-15(11-23)22-14/h1-5,7-8,23H,6,9-11H2,(H,21,24). The lowest BCUT2D eigenvalue weighted by atomic mass is 10.1. The average molecular weight is 338 g/mol. The third kappa shape index (κ3) is 5.34. The lowest BCUT2D eigenvalue weighted by Gasteiger charge is -2.08. The van der Waals surface area contributed by atoms with E-state index in [0.717, 1.165) is 12.1 Å². The molecule has 2 aromatic rings. The molecule has 0 spiro atoms. The van der Waals surface area contributed by atoms with Gasteiger partial charge in [0.25, 0.3) is 0 Å². The van der Waals surface area contributed by atoms with E-state index in [2.05, 4.69) is 10.3 Å². The van der Waals surface area contributed by atoms with Gasteiger partial charge in [-0.05, 0) is 36.2 Å². The second-order valence-corrected chi connectivity index (χ2v) is 5.25. The number of nitrogens with one attached hydrogen (secondary N) is 1. The van der Waals surface area contributed by atoms with Gasteiger partial charge in [0.05, 0.1) is 30.1 Å². The van der Waals surface area contributed by atoms with Gasteiger partial charge in [-0.25, -0.2) is 0 Å². The monoisotopic (exact) mass is 338 g/mol. The fourth-order valence-electron chi connectivity index (χ4n) is 2.11. The Kier molecular flexibility index (Phi) is 5.92. The van der Waals surface area contributed by atoms with Gasteiger partial charge in [0.15, 0.2) is 0 Å². The first-order valence-corrected chi connectivity index (χ1v) is 7.37. The molecule has 0 saturated carbocycles. The summed E-state index contributed by atoms with van der Waals surface area (Å²) in [5.41, 5.74) is 1.11. The van der Waals surface area contributed by atoms with Gasteiger partial charge in [0.2, 0.25) is 5.91 Å². The zero-order valence-electron chi connectivity index (χ0n) is 12.8. The van der Waals surface area contributed by atoms with Crippen molar-refractivity contribution in [2.24, 2.45) is 0 Å². The van der Waals surface area contributed by atoms with E-state index in [4.69, 9.17) is 5.11 Å². The molecular weight excluding hydrogens is 321 g/mol. The van der Waals surface area contributed by atoms with E-state index >= 15 is 0 Å². The number of halogens is 3. The molecule has 1 heterocycles. The molecule has 7 heteroatoms. The molecule has 0 radical (unpaired) electrons. The molecule has 0 aliphatic heterocycles. The molecule has 0 aliphatic rings. The van der Waals surface area contributed by atoms with Crippen molar-refractivity contribution in [2.45, 2.75) is 32.2 Å². The molecule has 2 rings (SSSR count). The van der Waals surface area contributed by atoms with Crippen LogP contribution in [0.5, 0.6) is 0 Å². The van der Waals surface area contributed by atoms with Crippen molar-refractivity contribution < 1.29 is 23.1 Å². The smallest absolute Gasteiger partial charge is 0.390 e. The van der Waals surface area contributed by atoms with Gasteiger partial charge < -0.3 is 10.4 Å². The van der Waals surface area contributed by atoms with Gasteiger partial charge in [-0.1, -0.05) is 18.2 Å². The fourth-order valence-corrected chi connectivity index (χ4v) is 2.11. The van der Waals surface area contributed by atoms with Gasteiger partial charge in [-0.15, -0.1) is 0 Å². The number of carbonyl (C=O) groups excluding carboxylic acids is 1. The summed E-state index contributed by atoms with van der Waals surface area (Å²) in [6, 6.07) is 9.92. The van der Waals surface area contributed by atoms with Gasteiger partial charge in [-0.2, -0.15) is 13.2 Å². The van der Waals surface area contributed by atoms with Crippen LogP contribution in [-0.4, -0.2) is 16.0 Å². The van der Waals surface area contributed by atoms with Crippen LogP contribution in [0, 0.1) is 0 Å². The van der Waals surface area contributed by atoms with Crippen LogP contribution in [0.3, 0.4) is 0 Å². The van der Waals surface area contributed by atoms with E-state index in [9.17, 15) is 18.0 Å². The third-order valence-electron chi connectivity index (χ3n) is 3.42. The molecule has 0 saturated heterocycles. The predicted octanol–water partition coefficient (Wildman–Crippen LogP) is 2.84. The summed E-state index contributed by atoms with van der Waals surface area (Å²) >= 11 is 0. The van der Waals surface area contributed by atoms with Crippen molar-refractivity contribution in [3.8, 4) is 0 Å². The van der Waals surface area contributed by atoms with Crippen LogP contribution >= 0.6 is 0 Å². The Labute approximate surface area is 137 Å². The van der Waals surface area contributed by atoms with E-state index in [1.165, 1.54) is 12.1 Å². The highest BCUT2D eigenvalue weighted by Gasteiger charge is 2.29. The Morgan fingerprint density at radius 2 is 1.75 bits per heavy atom. The Morgan fingerprint density at radius 1 is 1.08 bits per heavy atom. The van der Waals surface area contributed by atoms with Crippen molar-refractivity contribution in [3.05, 3.63) is 65.0 Å². The number of aliphatic hydroxyl groups is 1. The molecular formula is C17H17F3N2O2. The lowest BCUT2D eigenvalue weighted by molar-refractivity contribution is -0.137. The number of alkyl halides is 3. The zero-order chi connectivity index (χ0) is 17.6. The van der Waals surface area contributed by atoms with Crippen LogP contribution in [-0.2, 0) is 30.5 Å². The summed E-state index contributed by atoms with van der Waals surface area (Å²) in [4.78, 5) is 15.9. The second-order valence-electron chi connectivity index (χ2n) is 5.25. The molecule has 2 N–H and O–H groups in total. The topological polar surface area (TPSA) is 62.2 Å². The normalized spacial score (nSPS) is 11.3. The number of benzene rings is 1. The zero-order valence-corrected chi connectivity index (χ0v) is 12.8. The maximum Gasteiger partial charge on any atom is 0.416 e. The summed E-state index contributed by atoms with van der Waals surface area (Å²) in [5, 5.41) is 11.7. The summed E-state index contributed by atoms with van der Waals surface area (Å²) < 4.78 is 37.4. The third-order valence-corrected chi connectivity index (χ3v) is 3.42. The first-order valence-electron chi connectivity index (χ1n) is 7.37. The molecule has 0 aliphatic carbocycles. The van der Waals surface area contributed by atoms with E-state index in [0.29, 0.717) is 23.4 Å². The summed E-state index contributed by atoms with van der Waals surface area (Å²) in [7, 11) is 0. The van der Waals surface area contributed by atoms with Crippen molar-refractivity contribution in [3.63, 3.8) is 0 Å². The number of aliphatic hydroxyl groups excluding tert-OH is 1. The van der Waals surface area contributed by atoms with Crippen LogP contribution in [0.4, 0.5) is 13.2 Å². The van der Waals surface area contributed by atoms with Crippen LogP contribution < -0.4 is 5.32 Å². The Morgan fingerprint density at radius 3 is 2.38 bits per heavy atom.